The fourth-order valence-electron chi connectivity index (χ4n) is 5.89. The molecule has 0 aromatic heterocycles. The van der Waals surface area contributed by atoms with Gasteiger partial charge in [0.25, 0.3) is 8.32 Å². The molecule has 1 fully saturated rings. The molecule has 0 spiro atoms. The number of oxime groups is 1. The Morgan fingerprint density at radius 3 is 1.30 bits per heavy atom. The van der Waals surface area contributed by atoms with Crippen LogP contribution in [-0.4, -0.2) is 149 Å². The second-order valence-corrected chi connectivity index (χ2v) is 65.4. The third-order valence-corrected chi connectivity index (χ3v) is 16.4. The molecule has 1 aliphatic rings. The van der Waals surface area contributed by atoms with E-state index >= 15 is 0 Å². The van der Waals surface area contributed by atoms with Crippen LogP contribution >= 0.6 is 0 Å². The van der Waals surface area contributed by atoms with E-state index < -0.39 is 124 Å². The van der Waals surface area contributed by atoms with E-state index in [2.05, 4.69) is 177 Å². The number of hydrogen-bond donors (Lipinski definition) is 0. The lowest BCUT2D eigenvalue weighted by atomic mass is 9.99. The highest BCUT2D eigenvalue weighted by Crippen LogP contribution is 2.36. The molecule has 1 saturated heterocycles. The first-order valence-corrected chi connectivity index (χ1v) is 52.9. The van der Waals surface area contributed by atoms with Gasteiger partial charge in [0.2, 0.25) is 0 Å². The van der Waals surface area contributed by atoms with Crippen molar-refractivity contribution >= 4 is 80.6 Å². The molecule has 1 rings (SSSR count). The molecule has 0 aliphatic carbocycles. The smallest absolute Gasteiger partial charge is 0.278 e. The standard InChI is InChI=1S/C39H95NO11Si9/c1-52(2,3)41-28-31(40-51-60(25,26)27)34(46-55(10,11)12)35(47-56(13,14)15)32(29-42-53(4,5)6)44-39-38(50-59(22,23)24)37(49-58(19,20)21)36(48-57(16,17)18)33(45-39)30-43-54(7,8)9/h32-39H,28-30H2,1-27H3/t32-,33?,34?,35?,36+,37?,38?,39-/m0/s1. The van der Waals surface area contributed by atoms with Gasteiger partial charge in [-0.3, -0.25) is 0 Å². The van der Waals surface area contributed by atoms with Crippen LogP contribution in [0.2, 0.25) is 177 Å². The van der Waals surface area contributed by atoms with Crippen LogP contribution < -0.4 is 0 Å². The van der Waals surface area contributed by atoms with Gasteiger partial charge in [0.15, 0.2) is 72.8 Å². The molecule has 0 N–H and O–H groups in total. The largest absolute Gasteiger partial charge is 0.456 e. The van der Waals surface area contributed by atoms with Crippen molar-refractivity contribution in [1.29, 1.82) is 0 Å². The fraction of sp³-hybridized carbons (Fsp3) is 0.974. The summed E-state index contributed by atoms with van der Waals surface area (Å²) in [6, 6.07) is 0. The van der Waals surface area contributed by atoms with Gasteiger partial charge >= 0.3 is 0 Å². The van der Waals surface area contributed by atoms with E-state index in [4.69, 9.17) is 54.6 Å². The lowest BCUT2D eigenvalue weighted by Crippen LogP contribution is -2.67. The number of hydrogen-bond acceptors (Lipinski definition) is 12. The van der Waals surface area contributed by atoms with Gasteiger partial charge < -0.3 is 49.4 Å². The Kier molecular flexibility index (Phi) is 21.9. The fourth-order valence-corrected chi connectivity index (χ4v) is 13.6. The average Bonchev–Trinajstić information content (AvgIpc) is 2.94. The monoisotopic (exact) mass is 1010 g/mol. The van der Waals surface area contributed by atoms with Crippen LogP contribution in [0.4, 0.5) is 0 Å². The third-order valence-electron chi connectivity index (χ3n) is 7.78. The second-order valence-electron chi connectivity index (χ2n) is 25.2. The Morgan fingerprint density at radius 1 is 0.467 bits per heavy atom. The molecule has 12 nitrogen and oxygen atoms in total. The maximum atomic E-state index is 7.51. The summed E-state index contributed by atoms with van der Waals surface area (Å²) >= 11 is 0. The van der Waals surface area contributed by atoms with Gasteiger partial charge in [-0.1, -0.05) is 0 Å². The van der Waals surface area contributed by atoms with Crippen LogP contribution in [0, 0.1) is 0 Å². The number of ether oxygens (including phenoxy) is 2. The summed E-state index contributed by atoms with van der Waals surface area (Å²) in [6.07, 6.45) is -4.85. The van der Waals surface area contributed by atoms with Crippen LogP contribution in [0.15, 0.2) is 5.16 Å². The van der Waals surface area contributed by atoms with Gasteiger partial charge in [0.1, 0.15) is 48.4 Å². The van der Waals surface area contributed by atoms with Gasteiger partial charge in [-0.2, -0.15) is 0 Å². The van der Waals surface area contributed by atoms with Gasteiger partial charge in [0, 0.05) is 0 Å². The summed E-state index contributed by atoms with van der Waals surface area (Å²) in [5.41, 5.74) is 0.663. The van der Waals surface area contributed by atoms with Crippen LogP contribution in [0.3, 0.4) is 0 Å². The first kappa shape index (κ1) is 59.0. The SMILES string of the molecule is C[Si](C)(C)OCC(=NO[Si](C)(C)C)C(O[Si](C)(C)C)C(O[Si](C)(C)C)[C@H](CO[Si](C)(C)C)O[C@H]1OC(CO[Si](C)(C)C)[C@@H](O[Si](C)(C)C)C(O[Si](C)(C)C)C1O[Si](C)(C)C. The molecule has 0 aromatic rings. The normalized spacial score (nSPS) is 24.1. The number of rotatable bonds is 26. The Morgan fingerprint density at radius 2 is 0.900 bits per heavy atom. The van der Waals surface area contributed by atoms with E-state index in [1.165, 1.54) is 0 Å². The quantitative estimate of drug-likeness (QED) is 0.0469. The van der Waals surface area contributed by atoms with Crippen LogP contribution in [-0.2, 0) is 49.4 Å². The summed E-state index contributed by atoms with van der Waals surface area (Å²) in [5, 5.41) is 4.92. The van der Waals surface area contributed by atoms with Crippen molar-refractivity contribution < 1.29 is 49.4 Å². The van der Waals surface area contributed by atoms with Crippen molar-refractivity contribution in [2.75, 3.05) is 19.8 Å². The minimum atomic E-state index is -2.34. The van der Waals surface area contributed by atoms with Crippen LogP contribution in [0.5, 0.6) is 0 Å². The summed E-state index contributed by atoms with van der Waals surface area (Å²) in [7, 11) is -19.4. The maximum absolute atomic E-state index is 7.51. The Labute approximate surface area is 378 Å². The Bertz CT molecular complexity index is 1320. The average molecular weight is 1010 g/mol. The summed E-state index contributed by atoms with van der Waals surface area (Å²) < 4.78 is 77.3. The van der Waals surface area contributed by atoms with E-state index in [0.717, 1.165) is 0 Å². The van der Waals surface area contributed by atoms with Crippen molar-refractivity contribution in [2.45, 2.75) is 226 Å². The molecule has 358 valence electrons. The maximum Gasteiger partial charge on any atom is 0.278 e. The lowest BCUT2D eigenvalue weighted by Gasteiger charge is -2.52. The molecule has 0 amide bonds. The minimum absolute atomic E-state index is 0.247. The van der Waals surface area contributed by atoms with E-state index in [9.17, 15) is 0 Å². The molecule has 21 heteroatoms. The van der Waals surface area contributed by atoms with Crippen LogP contribution in [0.1, 0.15) is 0 Å². The van der Waals surface area contributed by atoms with E-state index in [1.54, 1.807) is 0 Å². The predicted octanol–water partition coefficient (Wildman–Crippen LogP) is 11.0. The van der Waals surface area contributed by atoms with E-state index in [-0.39, 0.29) is 13.2 Å². The highest BCUT2D eigenvalue weighted by Gasteiger charge is 2.54. The van der Waals surface area contributed by atoms with E-state index in [1.807, 2.05) is 0 Å². The molecule has 1 heterocycles. The van der Waals surface area contributed by atoms with Crippen molar-refractivity contribution in [3.05, 3.63) is 0 Å². The highest BCUT2D eigenvalue weighted by molar-refractivity contribution is 6.72. The molecule has 8 atom stereocenters. The first-order chi connectivity index (χ1) is 26.3. The van der Waals surface area contributed by atoms with Gasteiger partial charge in [-0.15, -0.1) is 5.16 Å². The summed E-state index contributed by atoms with van der Waals surface area (Å²) in [6.45, 7) is 60.0. The predicted molar refractivity (Wildman–Crippen MR) is 274 cm³/mol. The third kappa shape index (κ3) is 26.9. The van der Waals surface area contributed by atoms with Gasteiger partial charge in [0.05, 0.1) is 19.8 Å². The molecule has 0 aromatic carbocycles. The molecule has 60 heavy (non-hydrogen) atoms. The second kappa shape index (κ2) is 22.2. The molecule has 0 saturated carbocycles. The molecule has 5 unspecified atom stereocenters. The van der Waals surface area contributed by atoms with Crippen molar-refractivity contribution in [3.63, 3.8) is 0 Å². The molecule has 1 aliphatic heterocycles. The Balaban J connectivity index is 4.37. The molecular weight excluding hydrogens is 911 g/mol. The van der Waals surface area contributed by atoms with Crippen molar-refractivity contribution in [3.8, 4) is 0 Å². The van der Waals surface area contributed by atoms with Gasteiger partial charge in [-0.25, -0.2) is 0 Å². The van der Waals surface area contributed by atoms with Gasteiger partial charge in [-0.05, 0) is 177 Å². The number of nitrogens with zero attached hydrogens (tertiary/aromatic N) is 1. The zero-order chi connectivity index (χ0) is 47.3. The molecular formula is C39H95NO11Si9. The Hall–Kier alpha value is 1.02. The van der Waals surface area contributed by atoms with Crippen molar-refractivity contribution in [1.82, 2.24) is 0 Å². The lowest BCUT2D eigenvalue weighted by molar-refractivity contribution is -0.310. The van der Waals surface area contributed by atoms with E-state index in [0.29, 0.717) is 12.3 Å². The summed E-state index contributed by atoms with van der Waals surface area (Å²) in [5.74, 6) is 0. The zero-order valence-corrected chi connectivity index (χ0v) is 52.7. The first-order valence-electron chi connectivity index (χ1n) is 22.2. The highest BCUT2D eigenvalue weighted by atomic mass is 28.4. The van der Waals surface area contributed by atoms with Crippen LogP contribution in [0.25, 0.3) is 0 Å². The zero-order valence-electron chi connectivity index (χ0n) is 43.7. The summed E-state index contributed by atoms with van der Waals surface area (Å²) in [4.78, 5) is 0. The van der Waals surface area contributed by atoms with Crippen molar-refractivity contribution in [2.24, 2.45) is 5.16 Å². The molecule has 0 bridgehead atoms. The topological polar surface area (TPSA) is 114 Å². The molecule has 0 radical (unpaired) electrons. The minimum Gasteiger partial charge on any atom is -0.456 e.